The van der Waals surface area contributed by atoms with Crippen LogP contribution in [-0.4, -0.2) is 12.6 Å². The van der Waals surface area contributed by atoms with Gasteiger partial charge in [-0.2, -0.15) is 0 Å². The van der Waals surface area contributed by atoms with Crippen molar-refractivity contribution in [3.63, 3.8) is 0 Å². The van der Waals surface area contributed by atoms with Gasteiger partial charge in [-0.05, 0) is 67.0 Å². The van der Waals surface area contributed by atoms with E-state index in [4.69, 9.17) is 0 Å². The van der Waals surface area contributed by atoms with E-state index in [1.54, 1.807) is 0 Å². The summed E-state index contributed by atoms with van der Waals surface area (Å²) in [5.74, 6) is 0.934. The van der Waals surface area contributed by atoms with Crippen molar-refractivity contribution in [3.05, 3.63) is 35.4 Å². The topological polar surface area (TPSA) is 12.0 Å². The SMILES string of the molecule is Cc1ccccc1CCNC1CC2CCC1(C)C2(C)C. The van der Waals surface area contributed by atoms with Crippen molar-refractivity contribution in [1.82, 2.24) is 5.32 Å². The van der Waals surface area contributed by atoms with E-state index in [1.165, 1.54) is 30.4 Å². The van der Waals surface area contributed by atoms with Crippen LogP contribution < -0.4 is 5.32 Å². The molecule has 0 heterocycles. The first-order chi connectivity index (χ1) is 9.45. The summed E-state index contributed by atoms with van der Waals surface area (Å²) in [6, 6.07) is 9.50. The zero-order valence-corrected chi connectivity index (χ0v) is 13.5. The predicted molar refractivity (Wildman–Crippen MR) is 85.9 cm³/mol. The maximum Gasteiger partial charge on any atom is 0.0129 e. The van der Waals surface area contributed by atoms with Crippen molar-refractivity contribution < 1.29 is 0 Å². The fourth-order valence-corrected chi connectivity index (χ4v) is 4.78. The van der Waals surface area contributed by atoms with Gasteiger partial charge in [-0.1, -0.05) is 45.0 Å². The van der Waals surface area contributed by atoms with Gasteiger partial charge >= 0.3 is 0 Å². The molecule has 0 saturated heterocycles. The summed E-state index contributed by atoms with van der Waals surface area (Å²) in [5, 5.41) is 3.88. The van der Waals surface area contributed by atoms with E-state index >= 15 is 0 Å². The van der Waals surface area contributed by atoms with Crippen LogP contribution in [0.15, 0.2) is 24.3 Å². The van der Waals surface area contributed by atoms with Crippen LogP contribution in [0.2, 0.25) is 0 Å². The van der Waals surface area contributed by atoms with Gasteiger partial charge in [0.05, 0.1) is 0 Å². The quantitative estimate of drug-likeness (QED) is 0.859. The van der Waals surface area contributed by atoms with E-state index in [0.717, 1.165) is 24.9 Å². The Morgan fingerprint density at radius 1 is 1.20 bits per heavy atom. The lowest BCUT2D eigenvalue weighted by molar-refractivity contribution is 0.121. The lowest BCUT2D eigenvalue weighted by atomic mass is 9.69. The van der Waals surface area contributed by atoms with Crippen molar-refractivity contribution in [2.24, 2.45) is 16.7 Å². The molecule has 3 atom stereocenters. The van der Waals surface area contributed by atoms with Gasteiger partial charge in [-0.15, -0.1) is 0 Å². The van der Waals surface area contributed by atoms with Crippen LogP contribution in [0.1, 0.15) is 51.2 Å². The van der Waals surface area contributed by atoms with Gasteiger partial charge in [0.25, 0.3) is 0 Å². The van der Waals surface area contributed by atoms with Crippen LogP contribution in [-0.2, 0) is 6.42 Å². The highest BCUT2D eigenvalue weighted by molar-refractivity contribution is 5.25. The normalized spacial score (nSPS) is 34.6. The van der Waals surface area contributed by atoms with Gasteiger partial charge in [-0.25, -0.2) is 0 Å². The van der Waals surface area contributed by atoms with E-state index in [1.807, 2.05) is 0 Å². The van der Waals surface area contributed by atoms with Gasteiger partial charge in [0, 0.05) is 6.04 Å². The molecule has 2 saturated carbocycles. The lowest BCUT2D eigenvalue weighted by Gasteiger charge is -2.39. The molecule has 2 aliphatic rings. The number of benzene rings is 1. The Morgan fingerprint density at radius 3 is 2.55 bits per heavy atom. The molecule has 2 aliphatic carbocycles. The lowest BCUT2D eigenvalue weighted by Crippen LogP contribution is -2.45. The third-order valence-corrected chi connectivity index (χ3v) is 6.84. The van der Waals surface area contributed by atoms with Gasteiger partial charge in [0.1, 0.15) is 0 Å². The second-order valence-corrected chi connectivity index (χ2v) is 7.79. The van der Waals surface area contributed by atoms with E-state index in [-0.39, 0.29) is 0 Å². The molecular weight excluding hydrogens is 242 g/mol. The molecule has 1 heteroatoms. The van der Waals surface area contributed by atoms with Crippen LogP contribution in [0.25, 0.3) is 0 Å². The van der Waals surface area contributed by atoms with Crippen molar-refractivity contribution >= 4 is 0 Å². The number of aryl methyl sites for hydroxylation is 1. The molecule has 2 fully saturated rings. The molecule has 20 heavy (non-hydrogen) atoms. The largest absolute Gasteiger partial charge is 0.313 e. The molecule has 2 bridgehead atoms. The predicted octanol–water partition coefficient (Wildman–Crippen LogP) is 4.34. The Morgan fingerprint density at radius 2 is 1.95 bits per heavy atom. The highest BCUT2D eigenvalue weighted by Crippen LogP contribution is 2.65. The first kappa shape index (κ1) is 14.1. The average molecular weight is 271 g/mol. The molecule has 1 aromatic rings. The Hall–Kier alpha value is -0.820. The zero-order chi connectivity index (χ0) is 14.4. The third-order valence-electron chi connectivity index (χ3n) is 6.84. The van der Waals surface area contributed by atoms with Crippen molar-refractivity contribution in [2.45, 2.75) is 59.4 Å². The summed E-state index contributed by atoms with van der Waals surface area (Å²) in [6.07, 6.45) is 5.40. The number of fused-ring (bicyclic) bond motifs is 2. The number of hydrogen-bond acceptors (Lipinski definition) is 1. The monoisotopic (exact) mass is 271 g/mol. The zero-order valence-electron chi connectivity index (χ0n) is 13.5. The Balaban J connectivity index is 1.60. The molecule has 3 rings (SSSR count). The summed E-state index contributed by atoms with van der Waals surface area (Å²) in [6.45, 7) is 10.8. The molecule has 1 N–H and O–H groups in total. The van der Waals surface area contributed by atoms with Gasteiger partial charge in [-0.3, -0.25) is 0 Å². The minimum Gasteiger partial charge on any atom is -0.313 e. The molecule has 110 valence electrons. The minimum atomic E-state index is 0.503. The van der Waals surface area contributed by atoms with Crippen LogP contribution in [0.4, 0.5) is 0 Å². The van der Waals surface area contributed by atoms with E-state index < -0.39 is 0 Å². The molecule has 0 aliphatic heterocycles. The maximum atomic E-state index is 3.88. The van der Waals surface area contributed by atoms with Crippen LogP contribution >= 0.6 is 0 Å². The fourth-order valence-electron chi connectivity index (χ4n) is 4.78. The van der Waals surface area contributed by atoms with Gasteiger partial charge in [0.2, 0.25) is 0 Å². The number of hydrogen-bond donors (Lipinski definition) is 1. The second-order valence-electron chi connectivity index (χ2n) is 7.79. The van der Waals surface area contributed by atoms with Crippen LogP contribution in [0.5, 0.6) is 0 Å². The highest BCUT2D eigenvalue weighted by atomic mass is 15.0. The standard InChI is InChI=1S/C19H29N/c1-14-7-5-6-8-15(14)10-12-20-17-13-16-9-11-19(17,4)18(16,2)3/h5-8,16-17,20H,9-13H2,1-4H3. The summed E-state index contributed by atoms with van der Waals surface area (Å²) in [5.41, 5.74) is 3.94. The Bertz CT molecular complexity index is 490. The van der Waals surface area contributed by atoms with Crippen molar-refractivity contribution in [1.29, 1.82) is 0 Å². The smallest absolute Gasteiger partial charge is 0.0129 e. The summed E-state index contributed by atoms with van der Waals surface area (Å²) in [4.78, 5) is 0. The van der Waals surface area contributed by atoms with Crippen molar-refractivity contribution in [3.8, 4) is 0 Å². The van der Waals surface area contributed by atoms with E-state index in [9.17, 15) is 0 Å². The molecule has 0 spiro atoms. The highest BCUT2D eigenvalue weighted by Gasteiger charge is 2.60. The van der Waals surface area contributed by atoms with Crippen LogP contribution in [0.3, 0.4) is 0 Å². The Kier molecular flexibility index (Phi) is 3.44. The third kappa shape index (κ3) is 2.02. The average Bonchev–Trinajstić information content (AvgIpc) is 2.74. The second kappa shape index (κ2) is 4.87. The summed E-state index contributed by atoms with van der Waals surface area (Å²) in [7, 11) is 0. The van der Waals surface area contributed by atoms with Gasteiger partial charge in [0.15, 0.2) is 0 Å². The van der Waals surface area contributed by atoms with E-state index in [2.05, 4.69) is 57.3 Å². The van der Waals surface area contributed by atoms with Crippen LogP contribution in [0, 0.1) is 23.7 Å². The number of rotatable bonds is 4. The molecule has 0 amide bonds. The minimum absolute atomic E-state index is 0.503. The summed E-state index contributed by atoms with van der Waals surface area (Å²) >= 11 is 0. The molecular formula is C19H29N. The first-order valence-corrected chi connectivity index (χ1v) is 8.23. The molecule has 3 unspecified atom stereocenters. The number of nitrogens with one attached hydrogen (secondary N) is 1. The molecule has 1 nitrogen and oxygen atoms in total. The molecule has 0 aromatic heterocycles. The van der Waals surface area contributed by atoms with E-state index in [0.29, 0.717) is 10.8 Å². The van der Waals surface area contributed by atoms with Crippen molar-refractivity contribution in [2.75, 3.05) is 6.54 Å². The summed E-state index contributed by atoms with van der Waals surface area (Å²) < 4.78 is 0. The Labute approximate surface area is 124 Å². The molecule has 1 aromatic carbocycles. The maximum absolute atomic E-state index is 3.88. The fraction of sp³-hybridized carbons (Fsp3) is 0.684. The molecule has 0 radical (unpaired) electrons. The van der Waals surface area contributed by atoms with Gasteiger partial charge < -0.3 is 5.32 Å². The first-order valence-electron chi connectivity index (χ1n) is 8.23.